The van der Waals surface area contributed by atoms with Gasteiger partial charge in [0.2, 0.25) is 0 Å². The zero-order valence-electron chi connectivity index (χ0n) is 21.8. The lowest BCUT2D eigenvalue weighted by Crippen LogP contribution is -2.55. The molecule has 2 atom stereocenters. The lowest BCUT2D eigenvalue weighted by molar-refractivity contribution is 0.0798. The number of sulfone groups is 1. The van der Waals surface area contributed by atoms with E-state index >= 15 is 0 Å². The molecule has 2 aromatic heterocycles. The van der Waals surface area contributed by atoms with Crippen LogP contribution in [0.4, 0.5) is 5.82 Å². The number of hydrogen-bond donors (Lipinski definition) is 0. The third kappa shape index (κ3) is 5.22. The van der Waals surface area contributed by atoms with Gasteiger partial charge in [-0.2, -0.15) is 10.4 Å². The van der Waals surface area contributed by atoms with E-state index in [0.29, 0.717) is 50.6 Å². The van der Waals surface area contributed by atoms with Crippen LogP contribution in [0.15, 0.2) is 24.4 Å². The van der Waals surface area contributed by atoms with E-state index in [1.807, 2.05) is 13.0 Å². The molecule has 1 unspecified atom stereocenters. The number of fused-ring (bicyclic) bond motifs is 1. The molecule has 3 fully saturated rings. The van der Waals surface area contributed by atoms with Gasteiger partial charge in [-0.3, -0.25) is 0 Å². The summed E-state index contributed by atoms with van der Waals surface area (Å²) in [5, 5.41) is 15.3. The van der Waals surface area contributed by atoms with Gasteiger partial charge in [0.25, 0.3) is 0 Å². The summed E-state index contributed by atoms with van der Waals surface area (Å²) >= 11 is 12.6. The minimum Gasteiger partial charge on any atom is -0.355 e. The Balaban J connectivity index is 1.17. The second kappa shape index (κ2) is 10.5. The van der Waals surface area contributed by atoms with E-state index in [4.69, 9.17) is 28.2 Å². The summed E-state index contributed by atoms with van der Waals surface area (Å²) in [5.74, 6) is 2.61. The maximum atomic E-state index is 11.9. The topological polar surface area (TPSA) is 108 Å². The summed E-state index contributed by atoms with van der Waals surface area (Å²) < 4.78 is 25.5. The Bertz CT molecular complexity index is 1530. The zero-order valence-corrected chi connectivity index (χ0v) is 24.1. The molecule has 1 aromatic carbocycles. The molecule has 0 N–H and O–H groups in total. The maximum absolute atomic E-state index is 11.9. The van der Waals surface area contributed by atoms with Crippen molar-refractivity contribution in [2.45, 2.75) is 44.7 Å². The number of nitriles is 1. The molecule has 0 bridgehead atoms. The molecular formula is C27H31Cl2N7O2S. The first-order chi connectivity index (χ1) is 18.7. The van der Waals surface area contributed by atoms with Gasteiger partial charge in [-0.1, -0.05) is 29.3 Å². The van der Waals surface area contributed by atoms with Crippen molar-refractivity contribution in [1.29, 1.82) is 5.26 Å². The van der Waals surface area contributed by atoms with Gasteiger partial charge >= 0.3 is 0 Å². The lowest BCUT2D eigenvalue weighted by atomic mass is 9.80. The summed E-state index contributed by atoms with van der Waals surface area (Å²) in [7, 11) is -2.84. The highest BCUT2D eigenvalue weighted by atomic mass is 35.5. The third-order valence-corrected chi connectivity index (χ3v) is 11.0. The molecule has 39 heavy (non-hydrogen) atoms. The first-order valence-corrected chi connectivity index (χ1v) is 16.1. The van der Waals surface area contributed by atoms with Crippen LogP contribution in [0.3, 0.4) is 0 Å². The highest BCUT2D eigenvalue weighted by Gasteiger charge is 2.39. The molecule has 3 aliphatic rings. The molecule has 3 saturated heterocycles. The van der Waals surface area contributed by atoms with E-state index < -0.39 is 9.84 Å². The number of rotatable bonds is 5. The van der Waals surface area contributed by atoms with Gasteiger partial charge in [-0.15, -0.1) is 0 Å². The van der Waals surface area contributed by atoms with E-state index in [1.54, 1.807) is 23.0 Å². The fourth-order valence-corrected chi connectivity index (χ4v) is 8.40. The molecule has 0 radical (unpaired) electrons. The van der Waals surface area contributed by atoms with Gasteiger partial charge in [0, 0.05) is 35.7 Å². The minimum atomic E-state index is -2.84. The molecule has 3 aromatic rings. The Kier molecular flexibility index (Phi) is 7.21. The van der Waals surface area contributed by atoms with Gasteiger partial charge in [0.1, 0.15) is 27.2 Å². The largest absolute Gasteiger partial charge is 0.355 e. The van der Waals surface area contributed by atoms with E-state index in [0.717, 1.165) is 56.8 Å². The van der Waals surface area contributed by atoms with Gasteiger partial charge in [0.05, 0.1) is 23.7 Å². The normalized spacial score (nSPS) is 23.4. The van der Waals surface area contributed by atoms with Crippen molar-refractivity contribution >= 4 is 50.0 Å². The van der Waals surface area contributed by atoms with E-state index in [1.165, 1.54) is 6.42 Å². The van der Waals surface area contributed by atoms with Gasteiger partial charge in [0.15, 0.2) is 11.3 Å². The summed E-state index contributed by atoms with van der Waals surface area (Å²) in [6, 6.07) is 7.62. The first kappa shape index (κ1) is 26.8. The second-order valence-corrected chi connectivity index (χ2v) is 14.2. The monoisotopic (exact) mass is 587 g/mol. The molecule has 0 aliphatic carbocycles. The third-order valence-electron chi connectivity index (χ3n) is 8.71. The highest BCUT2D eigenvalue weighted by molar-refractivity contribution is 7.91. The Hall–Kier alpha value is -2.45. The van der Waals surface area contributed by atoms with E-state index in [2.05, 4.69) is 26.0 Å². The molecule has 0 amide bonds. The molecule has 0 saturated carbocycles. The van der Waals surface area contributed by atoms with Crippen LogP contribution in [0.2, 0.25) is 10.0 Å². The number of hydrogen-bond acceptors (Lipinski definition) is 8. The molecular weight excluding hydrogens is 557 g/mol. The molecule has 3 aliphatic heterocycles. The number of benzene rings is 1. The van der Waals surface area contributed by atoms with Crippen LogP contribution in [-0.4, -0.2) is 76.8 Å². The Morgan fingerprint density at radius 3 is 2.59 bits per heavy atom. The number of nitrogens with zero attached hydrogens (tertiary/aromatic N) is 7. The van der Waals surface area contributed by atoms with Crippen LogP contribution in [0.1, 0.15) is 49.9 Å². The Morgan fingerprint density at radius 2 is 1.87 bits per heavy atom. The van der Waals surface area contributed by atoms with Crippen molar-refractivity contribution in [1.82, 2.24) is 24.6 Å². The van der Waals surface area contributed by atoms with Gasteiger partial charge in [-0.05, 0) is 68.7 Å². The molecule has 5 heterocycles. The highest BCUT2D eigenvalue weighted by Crippen LogP contribution is 2.36. The van der Waals surface area contributed by atoms with Gasteiger partial charge in [-0.25, -0.2) is 23.1 Å². The summed E-state index contributed by atoms with van der Waals surface area (Å²) in [6.07, 6.45) is 5.64. The molecule has 0 spiro atoms. The van der Waals surface area contributed by atoms with Crippen molar-refractivity contribution in [3.63, 3.8) is 0 Å². The molecule has 9 nitrogen and oxygen atoms in total. The van der Waals surface area contributed by atoms with Crippen molar-refractivity contribution < 1.29 is 8.42 Å². The summed E-state index contributed by atoms with van der Waals surface area (Å²) in [4.78, 5) is 14.3. The van der Waals surface area contributed by atoms with E-state index in [-0.39, 0.29) is 11.7 Å². The minimum absolute atomic E-state index is 0.236. The predicted molar refractivity (Wildman–Crippen MR) is 152 cm³/mol. The molecule has 6 rings (SSSR count). The van der Waals surface area contributed by atoms with Crippen LogP contribution in [-0.2, 0) is 9.84 Å². The van der Waals surface area contributed by atoms with Crippen LogP contribution in [0.25, 0.3) is 11.2 Å². The van der Waals surface area contributed by atoms with Crippen LogP contribution in [0, 0.1) is 23.2 Å². The predicted octanol–water partition coefficient (Wildman–Crippen LogP) is 4.34. The fourth-order valence-electron chi connectivity index (χ4n) is 6.37. The van der Waals surface area contributed by atoms with Crippen LogP contribution >= 0.6 is 23.2 Å². The SMILES string of the molecule is CC(c1ccc(Cl)cc1Cl)n1nc(C#N)c2ncc(N3CC([C@H]4CCCN(C5CCS(=O)(=O)CC5)C4)C3)nc21. The smallest absolute Gasteiger partial charge is 0.190 e. The number of likely N-dealkylation sites (tertiary alicyclic amines) is 1. The first-order valence-electron chi connectivity index (χ1n) is 13.5. The standard InChI is InChI=1S/C27H31Cl2N7O2S/c1-17(22-5-4-20(28)11-23(22)29)36-27-26(24(12-30)33-36)31-13-25(32-27)35-15-19(16-35)18-3-2-8-34(14-18)21-6-9-39(37,38)10-7-21/h4-5,11,13,17-19,21H,2-3,6-10,14-16H2,1H3/t17?,18-/m0/s1. The zero-order chi connectivity index (χ0) is 27.3. The number of piperidine rings is 1. The number of halogens is 2. The average Bonchev–Trinajstić information content (AvgIpc) is 3.26. The van der Waals surface area contributed by atoms with Crippen molar-refractivity contribution in [2.75, 3.05) is 42.6 Å². The number of aromatic nitrogens is 4. The molecule has 12 heteroatoms. The van der Waals surface area contributed by atoms with Crippen LogP contribution in [0.5, 0.6) is 0 Å². The molecule has 206 valence electrons. The van der Waals surface area contributed by atoms with Crippen LogP contribution < -0.4 is 4.90 Å². The average molecular weight is 589 g/mol. The quantitative estimate of drug-likeness (QED) is 0.433. The summed E-state index contributed by atoms with van der Waals surface area (Å²) in [5.41, 5.74) is 2.11. The fraction of sp³-hybridized carbons (Fsp3) is 0.556. The maximum Gasteiger partial charge on any atom is 0.190 e. The summed E-state index contributed by atoms with van der Waals surface area (Å²) in [6.45, 7) is 5.91. The van der Waals surface area contributed by atoms with E-state index in [9.17, 15) is 13.7 Å². The van der Waals surface area contributed by atoms with Crippen molar-refractivity contribution in [3.05, 3.63) is 45.7 Å². The Labute approximate surface area is 238 Å². The number of anilines is 1. The van der Waals surface area contributed by atoms with Gasteiger partial charge < -0.3 is 9.80 Å². The van der Waals surface area contributed by atoms with Crippen molar-refractivity contribution in [3.8, 4) is 6.07 Å². The lowest BCUT2D eigenvalue weighted by Gasteiger charge is -2.48. The van der Waals surface area contributed by atoms with Crippen molar-refractivity contribution in [2.24, 2.45) is 11.8 Å². The Morgan fingerprint density at radius 1 is 1.10 bits per heavy atom. The second-order valence-electron chi connectivity index (χ2n) is 11.1.